The number of hydrogen-bond acceptors (Lipinski definition) is 4. The minimum Gasteiger partial charge on any atom is -0.374 e. The summed E-state index contributed by atoms with van der Waals surface area (Å²) >= 11 is 0. The highest BCUT2D eigenvalue weighted by molar-refractivity contribution is 6.08. The van der Waals surface area contributed by atoms with Gasteiger partial charge in [0.15, 0.2) is 0 Å². The summed E-state index contributed by atoms with van der Waals surface area (Å²) in [5, 5.41) is 3.63. The summed E-state index contributed by atoms with van der Waals surface area (Å²) in [6.45, 7) is 0.491. The molecule has 1 aliphatic carbocycles. The van der Waals surface area contributed by atoms with E-state index in [2.05, 4.69) is 10.7 Å². The largest absolute Gasteiger partial charge is 0.374 e. The molecule has 25 heavy (non-hydrogen) atoms. The predicted molar refractivity (Wildman–Crippen MR) is 93.7 cm³/mol. The standard InChI is InChI=1S/C18H24N4O3/c1-21(14-8-4-2-5-9-14)13-10-15(23)20-22-16(24)18(19-17(22)25)11-6-3-7-12-18/h2,4-5,8-9H,3,6-7,10-13H2,1H3,(H,19,25)(H,20,23). The Morgan fingerprint density at radius 3 is 2.56 bits per heavy atom. The average molecular weight is 344 g/mol. The van der Waals surface area contributed by atoms with E-state index < -0.39 is 11.6 Å². The molecule has 2 N–H and O–H groups in total. The minimum atomic E-state index is -0.816. The second-order valence-electron chi connectivity index (χ2n) is 6.76. The van der Waals surface area contributed by atoms with Crippen molar-refractivity contribution < 1.29 is 14.4 Å². The third-order valence-electron chi connectivity index (χ3n) is 4.98. The van der Waals surface area contributed by atoms with Crippen molar-refractivity contribution in [1.29, 1.82) is 0 Å². The highest BCUT2D eigenvalue weighted by Gasteiger charge is 2.52. The van der Waals surface area contributed by atoms with Gasteiger partial charge in [0.25, 0.3) is 5.91 Å². The van der Waals surface area contributed by atoms with E-state index in [1.54, 1.807) is 0 Å². The van der Waals surface area contributed by atoms with Crippen LogP contribution in [-0.2, 0) is 9.59 Å². The molecular formula is C18H24N4O3. The zero-order valence-corrected chi connectivity index (χ0v) is 14.5. The number of anilines is 1. The Bertz CT molecular complexity index is 656. The van der Waals surface area contributed by atoms with Gasteiger partial charge in [0, 0.05) is 25.7 Å². The van der Waals surface area contributed by atoms with Crippen LogP contribution in [0.5, 0.6) is 0 Å². The maximum atomic E-state index is 12.6. The Kier molecular flexibility index (Phi) is 4.92. The van der Waals surface area contributed by atoms with E-state index in [4.69, 9.17) is 0 Å². The van der Waals surface area contributed by atoms with Gasteiger partial charge in [0.05, 0.1) is 0 Å². The summed E-state index contributed by atoms with van der Waals surface area (Å²) in [5.74, 6) is -0.680. The van der Waals surface area contributed by atoms with Gasteiger partial charge in [0.1, 0.15) is 5.54 Å². The predicted octanol–water partition coefficient (Wildman–Crippen LogP) is 1.80. The van der Waals surface area contributed by atoms with Gasteiger partial charge in [-0.05, 0) is 25.0 Å². The average Bonchev–Trinajstić information content (AvgIpc) is 2.85. The van der Waals surface area contributed by atoms with Crippen molar-refractivity contribution in [1.82, 2.24) is 15.8 Å². The lowest BCUT2D eigenvalue weighted by atomic mass is 9.82. The number of nitrogens with zero attached hydrogens (tertiary/aromatic N) is 2. The van der Waals surface area contributed by atoms with Gasteiger partial charge in [-0.25, -0.2) is 4.79 Å². The first-order valence-electron chi connectivity index (χ1n) is 8.74. The third-order valence-corrected chi connectivity index (χ3v) is 4.98. The molecule has 1 spiro atoms. The van der Waals surface area contributed by atoms with Crippen molar-refractivity contribution in [2.75, 3.05) is 18.5 Å². The first kappa shape index (κ1) is 17.3. The molecule has 1 saturated carbocycles. The molecule has 1 heterocycles. The maximum Gasteiger partial charge on any atom is 0.344 e. The highest BCUT2D eigenvalue weighted by Crippen LogP contribution is 2.32. The first-order chi connectivity index (χ1) is 12.0. The number of hydrogen-bond donors (Lipinski definition) is 2. The van der Waals surface area contributed by atoms with E-state index in [9.17, 15) is 14.4 Å². The van der Waals surface area contributed by atoms with Gasteiger partial charge in [-0.3, -0.25) is 15.0 Å². The molecule has 7 nitrogen and oxygen atoms in total. The van der Waals surface area contributed by atoms with E-state index in [0.717, 1.165) is 30.0 Å². The highest BCUT2D eigenvalue weighted by atomic mass is 16.2. The van der Waals surface area contributed by atoms with Crippen molar-refractivity contribution in [3.63, 3.8) is 0 Å². The molecule has 2 aliphatic rings. The lowest BCUT2D eigenvalue weighted by molar-refractivity contribution is -0.139. The zero-order valence-electron chi connectivity index (χ0n) is 14.5. The van der Waals surface area contributed by atoms with Gasteiger partial charge in [0.2, 0.25) is 5.91 Å². The molecule has 2 fully saturated rings. The Labute approximate surface area is 147 Å². The van der Waals surface area contributed by atoms with Crippen molar-refractivity contribution >= 4 is 23.5 Å². The SMILES string of the molecule is CN(CCC(=O)NN1C(=O)NC2(CCCCC2)C1=O)c1ccccc1. The Hall–Kier alpha value is -2.57. The molecule has 4 amide bonds. The number of amides is 4. The van der Waals surface area contributed by atoms with Crippen LogP contribution in [0.4, 0.5) is 10.5 Å². The Morgan fingerprint density at radius 2 is 1.88 bits per heavy atom. The van der Waals surface area contributed by atoms with Crippen LogP contribution in [0.3, 0.4) is 0 Å². The van der Waals surface area contributed by atoms with Crippen LogP contribution in [0.15, 0.2) is 30.3 Å². The number of imide groups is 1. The molecule has 1 saturated heterocycles. The monoisotopic (exact) mass is 344 g/mol. The lowest BCUT2D eigenvalue weighted by Gasteiger charge is -2.30. The molecule has 0 unspecified atom stereocenters. The summed E-state index contributed by atoms with van der Waals surface area (Å²) in [6.07, 6.45) is 4.37. The molecule has 1 aromatic rings. The molecule has 134 valence electrons. The summed E-state index contributed by atoms with van der Waals surface area (Å²) < 4.78 is 0. The summed E-state index contributed by atoms with van der Waals surface area (Å²) in [4.78, 5) is 38.9. The molecule has 3 rings (SSSR count). The molecular weight excluding hydrogens is 320 g/mol. The number of rotatable bonds is 5. The van der Waals surface area contributed by atoms with Crippen molar-refractivity contribution in [2.45, 2.75) is 44.1 Å². The number of carbonyl (C=O) groups is 3. The van der Waals surface area contributed by atoms with Crippen LogP contribution in [0.2, 0.25) is 0 Å². The molecule has 1 aliphatic heterocycles. The second-order valence-corrected chi connectivity index (χ2v) is 6.76. The maximum absolute atomic E-state index is 12.6. The topological polar surface area (TPSA) is 81.8 Å². The molecule has 1 aromatic carbocycles. The normalized spacial score (nSPS) is 19.0. The quantitative estimate of drug-likeness (QED) is 0.798. The van der Waals surface area contributed by atoms with Crippen LogP contribution in [0, 0.1) is 0 Å². The van der Waals surface area contributed by atoms with Gasteiger partial charge in [-0.2, -0.15) is 5.01 Å². The van der Waals surface area contributed by atoms with Gasteiger partial charge in [-0.15, -0.1) is 0 Å². The molecule has 0 atom stereocenters. The number of nitrogens with one attached hydrogen (secondary N) is 2. The van der Waals surface area contributed by atoms with Crippen LogP contribution in [0.1, 0.15) is 38.5 Å². The fourth-order valence-electron chi connectivity index (χ4n) is 3.48. The molecule has 0 radical (unpaired) electrons. The van der Waals surface area contributed by atoms with E-state index in [1.807, 2.05) is 42.3 Å². The fraction of sp³-hybridized carbons (Fsp3) is 0.500. The fourth-order valence-corrected chi connectivity index (χ4v) is 3.48. The van der Waals surface area contributed by atoms with Gasteiger partial charge < -0.3 is 10.2 Å². The van der Waals surface area contributed by atoms with Crippen molar-refractivity contribution in [3.8, 4) is 0 Å². The number of para-hydroxylation sites is 1. The van der Waals surface area contributed by atoms with E-state index >= 15 is 0 Å². The first-order valence-corrected chi connectivity index (χ1v) is 8.74. The number of benzene rings is 1. The second kappa shape index (κ2) is 7.13. The molecule has 0 bridgehead atoms. The lowest BCUT2D eigenvalue weighted by Crippen LogP contribution is -2.51. The van der Waals surface area contributed by atoms with E-state index in [0.29, 0.717) is 19.4 Å². The summed E-state index contributed by atoms with van der Waals surface area (Å²) in [6, 6.07) is 9.19. The molecule has 0 aromatic heterocycles. The third kappa shape index (κ3) is 3.60. The smallest absolute Gasteiger partial charge is 0.344 e. The van der Waals surface area contributed by atoms with Gasteiger partial charge in [-0.1, -0.05) is 37.5 Å². The number of carbonyl (C=O) groups excluding carboxylic acids is 3. The summed E-state index contributed by atoms with van der Waals surface area (Å²) in [7, 11) is 1.90. The Morgan fingerprint density at radius 1 is 1.20 bits per heavy atom. The summed E-state index contributed by atoms with van der Waals surface area (Å²) in [5.41, 5.74) is 2.65. The van der Waals surface area contributed by atoms with Gasteiger partial charge >= 0.3 is 6.03 Å². The van der Waals surface area contributed by atoms with Crippen molar-refractivity contribution in [2.24, 2.45) is 0 Å². The number of hydrazine groups is 1. The van der Waals surface area contributed by atoms with Crippen LogP contribution < -0.4 is 15.6 Å². The van der Waals surface area contributed by atoms with Crippen LogP contribution >= 0.6 is 0 Å². The van der Waals surface area contributed by atoms with E-state index in [1.165, 1.54) is 0 Å². The van der Waals surface area contributed by atoms with Crippen LogP contribution in [0.25, 0.3) is 0 Å². The molecule has 7 heteroatoms. The Balaban J connectivity index is 1.54. The van der Waals surface area contributed by atoms with Crippen LogP contribution in [-0.4, -0.2) is 42.0 Å². The minimum absolute atomic E-state index is 0.190. The van der Waals surface area contributed by atoms with Crippen molar-refractivity contribution in [3.05, 3.63) is 30.3 Å². The van der Waals surface area contributed by atoms with E-state index in [-0.39, 0.29) is 18.2 Å². The zero-order chi connectivity index (χ0) is 17.9. The number of urea groups is 1.